The van der Waals surface area contributed by atoms with Crippen LogP contribution in [0.4, 0.5) is 0 Å². The Labute approximate surface area is 136 Å². The van der Waals surface area contributed by atoms with Crippen molar-refractivity contribution in [3.05, 3.63) is 35.9 Å². The van der Waals surface area contributed by atoms with Crippen LogP contribution in [0, 0.1) is 5.41 Å². The lowest BCUT2D eigenvalue weighted by Gasteiger charge is -2.60. The van der Waals surface area contributed by atoms with Gasteiger partial charge in [-0.3, -0.25) is 9.59 Å². The van der Waals surface area contributed by atoms with Crippen molar-refractivity contribution in [2.75, 3.05) is 26.2 Å². The fourth-order valence-electron chi connectivity index (χ4n) is 4.33. The second kappa shape index (κ2) is 5.34. The Hall–Kier alpha value is -1.88. The van der Waals surface area contributed by atoms with Gasteiger partial charge in [0.05, 0.1) is 11.5 Å². The molecule has 2 aliphatic heterocycles. The summed E-state index contributed by atoms with van der Waals surface area (Å²) in [6.45, 7) is 6.93. The van der Waals surface area contributed by atoms with Crippen LogP contribution in [0.15, 0.2) is 30.3 Å². The van der Waals surface area contributed by atoms with Gasteiger partial charge in [0, 0.05) is 45.4 Å². The molecular formula is C18H24N2O3. The van der Waals surface area contributed by atoms with Gasteiger partial charge in [-0.05, 0) is 5.56 Å². The molecule has 2 saturated heterocycles. The van der Waals surface area contributed by atoms with Gasteiger partial charge in [0.25, 0.3) is 0 Å². The summed E-state index contributed by atoms with van der Waals surface area (Å²) in [5, 5.41) is 11.2. The van der Waals surface area contributed by atoms with Gasteiger partial charge in [-0.2, -0.15) is 0 Å². The SMILES string of the molecule is CC(=O)N1CC2(C)CN(C(C)=O)CC(c3ccccc3)(C1)[C@H]2O. The minimum absolute atomic E-state index is 0.0136. The number of likely N-dealkylation sites (tertiary alicyclic amines) is 2. The summed E-state index contributed by atoms with van der Waals surface area (Å²) < 4.78 is 0. The van der Waals surface area contributed by atoms with Crippen molar-refractivity contribution in [1.29, 1.82) is 0 Å². The van der Waals surface area contributed by atoms with Crippen LogP contribution < -0.4 is 0 Å². The van der Waals surface area contributed by atoms with Crippen LogP contribution in [-0.4, -0.2) is 59.0 Å². The summed E-state index contributed by atoms with van der Waals surface area (Å²) in [6, 6.07) is 9.78. The minimum atomic E-state index is -0.635. The monoisotopic (exact) mass is 316 g/mol. The van der Waals surface area contributed by atoms with E-state index in [9.17, 15) is 14.7 Å². The number of benzene rings is 1. The number of carbonyl (C=O) groups excluding carboxylic acids is 2. The Morgan fingerprint density at radius 3 is 1.91 bits per heavy atom. The van der Waals surface area contributed by atoms with Crippen molar-refractivity contribution >= 4 is 11.8 Å². The van der Waals surface area contributed by atoms with Crippen LogP contribution >= 0.6 is 0 Å². The van der Waals surface area contributed by atoms with Gasteiger partial charge in [0.1, 0.15) is 0 Å². The van der Waals surface area contributed by atoms with Gasteiger partial charge in [0.15, 0.2) is 0 Å². The van der Waals surface area contributed by atoms with Crippen LogP contribution in [0.2, 0.25) is 0 Å². The zero-order valence-corrected chi connectivity index (χ0v) is 14.0. The number of hydrogen-bond donors (Lipinski definition) is 1. The van der Waals surface area contributed by atoms with Crippen LogP contribution in [0.5, 0.6) is 0 Å². The van der Waals surface area contributed by atoms with Crippen molar-refractivity contribution < 1.29 is 14.7 Å². The molecule has 23 heavy (non-hydrogen) atoms. The lowest BCUT2D eigenvalue weighted by atomic mass is 9.59. The van der Waals surface area contributed by atoms with Crippen molar-refractivity contribution in [2.45, 2.75) is 32.3 Å². The molecule has 0 aromatic heterocycles. The molecule has 2 heterocycles. The lowest BCUT2D eigenvalue weighted by Crippen LogP contribution is -2.73. The molecule has 1 aromatic rings. The molecule has 124 valence electrons. The summed E-state index contributed by atoms with van der Waals surface area (Å²) in [6.07, 6.45) is -0.594. The van der Waals surface area contributed by atoms with E-state index in [0.29, 0.717) is 26.2 Å². The fourth-order valence-corrected chi connectivity index (χ4v) is 4.33. The van der Waals surface area contributed by atoms with E-state index in [2.05, 4.69) is 0 Å². The zero-order chi connectivity index (χ0) is 16.8. The summed E-state index contributed by atoms with van der Waals surface area (Å²) >= 11 is 0. The molecule has 1 aromatic carbocycles. The summed E-state index contributed by atoms with van der Waals surface area (Å²) in [4.78, 5) is 27.7. The number of piperidine rings is 2. The smallest absolute Gasteiger partial charge is 0.219 e. The van der Waals surface area contributed by atoms with Crippen molar-refractivity contribution in [1.82, 2.24) is 9.80 Å². The van der Waals surface area contributed by atoms with Gasteiger partial charge in [-0.15, -0.1) is 0 Å². The Morgan fingerprint density at radius 2 is 1.48 bits per heavy atom. The topological polar surface area (TPSA) is 60.9 Å². The van der Waals surface area contributed by atoms with Crippen LogP contribution in [0.3, 0.4) is 0 Å². The second-order valence-electron chi connectivity index (χ2n) is 7.33. The maximum Gasteiger partial charge on any atom is 0.219 e. The standard InChI is InChI=1S/C18H24N2O3/c1-13(21)19-9-17(3)10-20(14(2)22)12-18(11-19,16(17)23)15-7-5-4-6-8-15/h4-8,16,23H,9-12H2,1-3H3/t16-,17?,18?/m0/s1. The van der Waals surface area contributed by atoms with Gasteiger partial charge in [-0.1, -0.05) is 37.3 Å². The molecular weight excluding hydrogens is 292 g/mol. The van der Waals surface area contributed by atoms with Crippen molar-refractivity contribution in [3.63, 3.8) is 0 Å². The predicted octanol–water partition coefficient (Wildman–Crippen LogP) is 1.02. The molecule has 2 bridgehead atoms. The largest absolute Gasteiger partial charge is 0.391 e. The third-order valence-electron chi connectivity index (χ3n) is 5.47. The Balaban J connectivity index is 2.13. The summed E-state index contributed by atoms with van der Waals surface area (Å²) in [5.74, 6) is 0.0272. The van der Waals surface area contributed by atoms with E-state index in [1.54, 1.807) is 13.8 Å². The molecule has 1 N–H and O–H groups in total. The average molecular weight is 316 g/mol. The number of nitrogens with zero attached hydrogens (tertiary/aromatic N) is 2. The van der Waals surface area contributed by atoms with E-state index in [0.717, 1.165) is 5.56 Å². The van der Waals surface area contributed by atoms with Crippen LogP contribution in [0.25, 0.3) is 0 Å². The van der Waals surface area contributed by atoms with E-state index in [4.69, 9.17) is 0 Å². The fraction of sp³-hybridized carbons (Fsp3) is 0.556. The Kier molecular flexibility index (Phi) is 3.71. The predicted molar refractivity (Wildman–Crippen MR) is 86.7 cm³/mol. The molecule has 2 amide bonds. The molecule has 3 rings (SSSR count). The normalized spacial score (nSPS) is 33.5. The van der Waals surface area contributed by atoms with E-state index in [1.165, 1.54) is 0 Å². The first-order valence-electron chi connectivity index (χ1n) is 8.03. The molecule has 0 radical (unpaired) electrons. The number of amides is 2. The van der Waals surface area contributed by atoms with E-state index in [1.807, 2.05) is 47.1 Å². The van der Waals surface area contributed by atoms with Gasteiger partial charge in [0.2, 0.25) is 11.8 Å². The number of aliphatic hydroxyl groups excluding tert-OH is 1. The molecule has 0 saturated carbocycles. The number of rotatable bonds is 1. The van der Waals surface area contributed by atoms with Crippen LogP contribution in [0.1, 0.15) is 26.3 Å². The molecule has 2 aliphatic rings. The average Bonchev–Trinajstić information content (AvgIpc) is 2.49. The number of fused-ring (bicyclic) bond motifs is 2. The molecule has 0 unspecified atom stereocenters. The first-order valence-corrected chi connectivity index (χ1v) is 8.03. The highest BCUT2D eigenvalue weighted by Gasteiger charge is 2.59. The molecule has 5 heteroatoms. The Morgan fingerprint density at radius 1 is 1.00 bits per heavy atom. The van der Waals surface area contributed by atoms with Gasteiger partial charge >= 0.3 is 0 Å². The van der Waals surface area contributed by atoms with E-state index in [-0.39, 0.29) is 11.8 Å². The third-order valence-corrected chi connectivity index (χ3v) is 5.47. The first kappa shape index (κ1) is 16.0. The zero-order valence-electron chi connectivity index (χ0n) is 14.0. The highest BCUT2D eigenvalue weighted by atomic mass is 16.3. The second-order valence-corrected chi connectivity index (χ2v) is 7.33. The highest BCUT2D eigenvalue weighted by molar-refractivity contribution is 5.75. The summed E-state index contributed by atoms with van der Waals surface area (Å²) in [5.41, 5.74) is -0.177. The maximum atomic E-state index is 12.0. The van der Waals surface area contributed by atoms with E-state index >= 15 is 0 Å². The molecule has 1 atom stereocenters. The third kappa shape index (κ3) is 2.43. The van der Waals surface area contributed by atoms with Gasteiger partial charge in [-0.25, -0.2) is 0 Å². The Bertz CT molecular complexity index is 602. The first-order chi connectivity index (χ1) is 10.8. The molecule has 5 nitrogen and oxygen atoms in total. The maximum absolute atomic E-state index is 12.0. The quantitative estimate of drug-likeness (QED) is 0.841. The minimum Gasteiger partial charge on any atom is -0.391 e. The number of carbonyl (C=O) groups is 2. The highest BCUT2D eigenvalue weighted by Crippen LogP contribution is 2.47. The van der Waals surface area contributed by atoms with E-state index < -0.39 is 16.9 Å². The molecule has 2 fully saturated rings. The summed E-state index contributed by atoms with van der Waals surface area (Å²) in [7, 11) is 0. The molecule has 0 spiro atoms. The molecule has 0 aliphatic carbocycles. The van der Waals surface area contributed by atoms with Gasteiger partial charge < -0.3 is 14.9 Å². The van der Waals surface area contributed by atoms with Crippen molar-refractivity contribution in [2.24, 2.45) is 5.41 Å². The number of aliphatic hydroxyl groups is 1. The number of hydrogen-bond acceptors (Lipinski definition) is 3. The van der Waals surface area contributed by atoms with Crippen LogP contribution in [-0.2, 0) is 15.0 Å². The lowest BCUT2D eigenvalue weighted by molar-refractivity contribution is -0.169. The van der Waals surface area contributed by atoms with Crippen molar-refractivity contribution in [3.8, 4) is 0 Å².